The molecule has 4 rings (SSSR count). The molecule has 1 saturated heterocycles. The Morgan fingerprint density at radius 2 is 1.94 bits per heavy atom. The van der Waals surface area contributed by atoms with Crippen LogP contribution in [0.1, 0.15) is 56.9 Å². The highest BCUT2D eigenvalue weighted by molar-refractivity contribution is 7.91. The first-order valence-corrected chi connectivity index (χ1v) is 13.7. The Labute approximate surface area is 199 Å². The number of aromatic nitrogens is 4. The summed E-state index contributed by atoms with van der Waals surface area (Å²) in [6.07, 6.45) is 0.603. The molecule has 0 bridgehead atoms. The fraction of sp³-hybridized carbons (Fsp3) is 0.522. The van der Waals surface area contributed by atoms with Crippen molar-refractivity contribution in [3.8, 4) is 5.13 Å². The van der Waals surface area contributed by atoms with E-state index in [9.17, 15) is 13.2 Å². The summed E-state index contributed by atoms with van der Waals surface area (Å²) in [4.78, 5) is 19.7. The van der Waals surface area contributed by atoms with E-state index in [4.69, 9.17) is 0 Å². The second-order valence-electron chi connectivity index (χ2n) is 9.14. The molecule has 1 atom stereocenters. The fourth-order valence-corrected chi connectivity index (χ4v) is 7.29. The van der Waals surface area contributed by atoms with E-state index in [2.05, 4.69) is 10.1 Å². The van der Waals surface area contributed by atoms with Gasteiger partial charge in [0.1, 0.15) is 0 Å². The van der Waals surface area contributed by atoms with Crippen molar-refractivity contribution in [2.24, 2.45) is 0 Å². The number of rotatable bonds is 7. The second-order valence-corrected chi connectivity index (χ2v) is 12.2. The summed E-state index contributed by atoms with van der Waals surface area (Å²) in [5.41, 5.74) is 6.50. The number of carbonyl (C=O) groups is 1. The maximum atomic E-state index is 13.2. The summed E-state index contributed by atoms with van der Waals surface area (Å²) in [5.74, 6) is 0.435. The normalized spacial score (nSPS) is 17.8. The molecule has 0 unspecified atom stereocenters. The Bertz CT molecular complexity index is 1320. The predicted molar refractivity (Wildman–Crippen MR) is 130 cm³/mol. The molecule has 3 aromatic rings. The first-order valence-electron chi connectivity index (χ1n) is 11.0. The van der Waals surface area contributed by atoms with Crippen LogP contribution in [0.5, 0.6) is 0 Å². The van der Waals surface area contributed by atoms with Crippen LogP contribution in [0.4, 0.5) is 0 Å². The van der Waals surface area contributed by atoms with Crippen LogP contribution in [-0.4, -0.2) is 63.5 Å². The summed E-state index contributed by atoms with van der Waals surface area (Å²) in [5, 5.41) is 7.53. The van der Waals surface area contributed by atoms with Crippen LogP contribution >= 0.6 is 11.3 Å². The van der Waals surface area contributed by atoms with E-state index in [-0.39, 0.29) is 29.9 Å². The number of Topliss-reactive ketones (excluding diaryl/α,β-unsaturated/α-hetero) is 1. The van der Waals surface area contributed by atoms with Crippen LogP contribution < -0.4 is 0 Å². The van der Waals surface area contributed by atoms with Gasteiger partial charge in [0.2, 0.25) is 0 Å². The van der Waals surface area contributed by atoms with Crippen LogP contribution in [-0.2, 0) is 16.4 Å². The number of carbonyl (C=O) groups excluding carboxylic acids is 1. The Kier molecular flexibility index (Phi) is 6.36. The number of ketones is 1. The molecule has 0 N–H and O–H groups in total. The van der Waals surface area contributed by atoms with E-state index in [1.807, 2.05) is 67.3 Å². The molecule has 33 heavy (non-hydrogen) atoms. The van der Waals surface area contributed by atoms with Crippen molar-refractivity contribution in [3.05, 3.63) is 51.0 Å². The largest absolute Gasteiger partial charge is 0.294 e. The van der Waals surface area contributed by atoms with Gasteiger partial charge >= 0.3 is 0 Å². The summed E-state index contributed by atoms with van der Waals surface area (Å²) >= 11 is 1.57. The molecule has 1 fully saturated rings. The van der Waals surface area contributed by atoms with Crippen molar-refractivity contribution in [2.45, 2.75) is 53.6 Å². The van der Waals surface area contributed by atoms with Gasteiger partial charge in [-0.1, -0.05) is 0 Å². The third kappa shape index (κ3) is 4.69. The van der Waals surface area contributed by atoms with Crippen molar-refractivity contribution in [1.29, 1.82) is 0 Å². The van der Waals surface area contributed by atoms with E-state index < -0.39 is 9.84 Å². The molecule has 3 aromatic heterocycles. The third-order valence-corrected chi connectivity index (χ3v) is 9.09. The molecular weight excluding hydrogens is 458 g/mol. The van der Waals surface area contributed by atoms with Gasteiger partial charge in [-0.25, -0.2) is 13.4 Å². The van der Waals surface area contributed by atoms with Gasteiger partial charge in [0, 0.05) is 40.1 Å². The molecule has 0 amide bonds. The van der Waals surface area contributed by atoms with Gasteiger partial charge in [-0.15, -0.1) is 11.3 Å². The van der Waals surface area contributed by atoms with E-state index in [0.717, 1.165) is 39.2 Å². The predicted octanol–water partition coefficient (Wildman–Crippen LogP) is 3.35. The van der Waals surface area contributed by atoms with Crippen LogP contribution in [0.3, 0.4) is 0 Å². The minimum Gasteiger partial charge on any atom is -0.294 e. The quantitative estimate of drug-likeness (QED) is 0.473. The fourth-order valence-electron chi connectivity index (χ4n) is 4.69. The Hall–Kier alpha value is -2.30. The first kappa shape index (κ1) is 23.8. The van der Waals surface area contributed by atoms with E-state index in [0.29, 0.717) is 18.5 Å². The van der Waals surface area contributed by atoms with Crippen molar-refractivity contribution >= 4 is 27.0 Å². The number of aryl methyl sites for hydroxylation is 3. The molecule has 178 valence electrons. The molecule has 0 saturated carbocycles. The SMILES string of the molecule is Cc1csc(-n2c(C)cc(C(=O)CN(C)Cc3c(C)nn([C@H]4CCS(=O)(=O)C4)c3C)c2C)n1. The zero-order chi connectivity index (χ0) is 24.1. The number of hydrogen-bond acceptors (Lipinski definition) is 7. The summed E-state index contributed by atoms with van der Waals surface area (Å²) in [6, 6.07) is 1.84. The molecule has 8 nitrogen and oxygen atoms in total. The highest BCUT2D eigenvalue weighted by Gasteiger charge is 2.31. The Balaban J connectivity index is 1.49. The average Bonchev–Trinajstić information content (AvgIpc) is 3.45. The summed E-state index contributed by atoms with van der Waals surface area (Å²) in [6.45, 7) is 10.7. The lowest BCUT2D eigenvalue weighted by Gasteiger charge is -2.17. The van der Waals surface area contributed by atoms with Crippen LogP contribution in [0.2, 0.25) is 0 Å². The van der Waals surface area contributed by atoms with Crippen molar-refractivity contribution in [1.82, 2.24) is 24.2 Å². The number of sulfone groups is 1. The van der Waals surface area contributed by atoms with Gasteiger partial charge in [0.25, 0.3) is 0 Å². The lowest BCUT2D eigenvalue weighted by molar-refractivity contribution is 0.0942. The highest BCUT2D eigenvalue weighted by atomic mass is 32.2. The van der Waals surface area contributed by atoms with E-state index in [1.54, 1.807) is 11.3 Å². The molecule has 4 heterocycles. The average molecular weight is 490 g/mol. The molecule has 1 aliphatic heterocycles. The molecular formula is C23H31N5O3S2. The smallest absolute Gasteiger partial charge is 0.194 e. The zero-order valence-electron chi connectivity index (χ0n) is 20.0. The van der Waals surface area contributed by atoms with Crippen LogP contribution in [0.15, 0.2) is 11.4 Å². The van der Waals surface area contributed by atoms with Gasteiger partial charge < -0.3 is 0 Å². The lowest BCUT2D eigenvalue weighted by Crippen LogP contribution is -2.26. The summed E-state index contributed by atoms with van der Waals surface area (Å²) in [7, 11) is -1.05. The Morgan fingerprint density at radius 3 is 2.55 bits per heavy atom. The van der Waals surface area contributed by atoms with Crippen molar-refractivity contribution < 1.29 is 13.2 Å². The summed E-state index contributed by atoms with van der Waals surface area (Å²) < 4.78 is 27.7. The number of thiazole rings is 1. The molecule has 10 heteroatoms. The van der Waals surface area contributed by atoms with E-state index in [1.165, 1.54) is 0 Å². The van der Waals surface area contributed by atoms with E-state index >= 15 is 0 Å². The van der Waals surface area contributed by atoms with Crippen molar-refractivity contribution in [2.75, 3.05) is 25.1 Å². The second kappa shape index (κ2) is 8.81. The number of nitrogens with zero attached hydrogens (tertiary/aromatic N) is 5. The monoisotopic (exact) mass is 489 g/mol. The topological polar surface area (TPSA) is 90.1 Å². The molecule has 0 aliphatic carbocycles. The first-order chi connectivity index (χ1) is 15.5. The minimum atomic E-state index is -2.98. The van der Waals surface area contributed by atoms with Crippen LogP contribution in [0, 0.1) is 34.6 Å². The van der Waals surface area contributed by atoms with Crippen LogP contribution in [0.25, 0.3) is 5.13 Å². The minimum absolute atomic E-state index is 0.0645. The van der Waals surface area contributed by atoms with Gasteiger partial charge in [-0.05, 0) is 54.2 Å². The Morgan fingerprint density at radius 1 is 1.21 bits per heavy atom. The van der Waals surface area contributed by atoms with Gasteiger partial charge in [-0.3, -0.25) is 18.9 Å². The highest BCUT2D eigenvalue weighted by Crippen LogP contribution is 2.28. The zero-order valence-corrected chi connectivity index (χ0v) is 21.7. The van der Waals surface area contributed by atoms with Crippen molar-refractivity contribution in [3.63, 3.8) is 0 Å². The van der Waals surface area contributed by atoms with Gasteiger partial charge in [0.05, 0.1) is 35.5 Å². The van der Waals surface area contributed by atoms with Gasteiger partial charge in [0.15, 0.2) is 20.8 Å². The number of likely N-dealkylation sites (N-methyl/N-ethyl adjacent to an activating group) is 1. The third-order valence-electron chi connectivity index (χ3n) is 6.40. The van der Waals surface area contributed by atoms with Gasteiger partial charge in [-0.2, -0.15) is 5.10 Å². The maximum absolute atomic E-state index is 13.2. The molecule has 0 aromatic carbocycles. The molecule has 1 aliphatic rings. The molecule has 0 radical (unpaired) electrons. The maximum Gasteiger partial charge on any atom is 0.194 e. The molecule has 0 spiro atoms. The lowest BCUT2D eigenvalue weighted by atomic mass is 10.1. The standard InChI is InChI=1S/C23H31N5O3S2/c1-14-12-32-23(24-14)27-15(2)9-20(17(27)4)22(29)11-26(6)10-21-16(3)25-28(18(21)5)19-7-8-33(30,31)13-19/h9,12,19H,7-8,10-11,13H2,1-6H3/t19-/m0/s1. The number of hydrogen-bond donors (Lipinski definition) is 0.